The SMILES string of the molecule is CN(C)c1cccc(Nc2ncc(-c3nc4ccccc4s3)c(N[C@@H]3C[C@H](CO)[C@@H](O)[C@H]3O)n2)c1. The van der Waals surface area contributed by atoms with Crippen LogP contribution in [0.1, 0.15) is 6.42 Å². The van der Waals surface area contributed by atoms with Gasteiger partial charge in [0.1, 0.15) is 16.9 Å². The van der Waals surface area contributed by atoms with E-state index in [-0.39, 0.29) is 6.61 Å². The second-order valence-electron chi connectivity index (χ2n) is 8.92. The van der Waals surface area contributed by atoms with Crippen LogP contribution in [0.4, 0.5) is 23.1 Å². The highest BCUT2D eigenvalue weighted by Crippen LogP contribution is 2.36. The van der Waals surface area contributed by atoms with E-state index < -0.39 is 24.2 Å². The Morgan fingerprint density at radius 3 is 2.63 bits per heavy atom. The van der Waals surface area contributed by atoms with Crippen LogP contribution in [0.2, 0.25) is 0 Å². The van der Waals surface area contributed by atoms with E-state index in [1.807, 2.05) is 67.5 Å². The lowest BCUT2D eigenvalue weighted by molar-refractivity contribution is 0.00446. The molecule has 35 heavy (non-hydrogen) atoms. The molecule has 9 nitrogen and oxygen atoms in total. The summed E-state index contributed by atoms with van der Waals surface area (Å²) in [6, 6.07) is 15.3. The fraction of sp³-hybridized carbons (Fsp3) is 0.320. The Morgan fingerprint density at radius 2 is 1.89 bits per heavy atom. The van der Waals surface area contributed by atoms with Gasteiger partial charge in [-0.25, -0.2) is 9.97 Å². The number of nitrogens with one attached hydrogen (secondary N) is 2. The van der Waals surface area contributed by atoms with Gasteiger partial charge in [-0.2, -0.15) is 4.98 Å². The lowest BCUT2D eigenvalue weighted by Crippen LogP contribution is -2.35. The highest BCUT2D eigenvalue weighted by molar-refractivity contribution is 7.21. The number of benzene rings is 2. The Balaban J connectivity index is 1.51. The van der Waals surface area contributed by atoms with Crippen LogP contribution in [0, 0.1) is 5.92 Å². The fourth-order valence-electron chi connectivity index (χ4n) is 4.31. The van der Waals surface area contributed by atoms with Gasteiger partial charge in [0.15, 0.2) is 0 Å². The van der Waals surface area contributed by atoms with Gasteiger partial charge in [0, 0.05) is 44.2 Å². The van der Waals surface area contributed by atoms with Crippen molar-refractivity contribution in [3.8, 4) is 10.6 Å². The molecule has 0 spiro atoms. The van der Waals surface area contributed by atoms with Crippen molar-refractivity contribution < 1.29 is 15.3 Å². The summed E-state index contributed by atoms with van der Waals surface area (Å²) < 4.78 is 1.05. The molecule has 10 heteroatoms. The second kappa shape index (κ2) is 9.74. The average molecular weight is 493 g/mol. The van der Waals surface area contributed by atoms with Crippen LogP contribution in [-0.4, -0.2) is 69.2 Å². The fourth-order valence-corrected chi connectivity index (χ4v) is 5.29. The maximum Gasteiger partial charge on any atom is 0.229 e. The molecule has 5 rings (SSSR count). The molecule has 1 aliphatic rings. The predicted octanol–water partition coefficient (Wildman–Crippen LogP) is 3.08. The van der Waals surface area contributed by atoms with E-state index in [0.717, 1.165) is 26.6 Å². The zero-order valence-electron chi connectivity index (χ0n) is 19.5. The minimum atomic E-state index is -1.03. The Hall–Kier alpha value is -3.31. The topological polar surface area (TPSA) is 127 Å². The first-order chi connectivity index (χ1) is 16.9. The third kappa shape index (κ3) is 4.78. The van der Waals surface area contributed by atoms with Crippen molar-refractivity contribution in [2.75, 3.05) is 36.2 Å². The molecule has 0 unspecified atom stereocenters. The van der Waals surface area contributed by atoms with E-state index >= 15 is 0 Å². The van der Waals surface area contributed by atoms with E-state index in [1.54, 1.807) is 6.20 Å². The van der Waals surface area contributed by atoms with Gasteiger partial charge >= 0.3 is 0 Å². The number of para-hydroxylation sites is 1. The molecule has 5 N–H and O–H groups in total. The first kappa shape index (κ1) is 23.4. The molecule has 1 aliphatic carbocycles. The molecule has 0 amide bonds. The second-order valence-corrected chi connectivity index (χ2v) is 9.95. The van der Waals surface area contributed by atoms with Gasteiger partial charge in [-0.05, 0) is 36.8 Å². The van der Waals surface area contributed by atoms with Crippen LogP contribution in [0.3, 0.4) is 0 Å². The van der Waals surface area contributed by atoms with Crippen LogP contribution >= 0.6 is 11.3 Å². The lowest BCUT2D eigenvalue weighted by Gasteiger charge is -2.20. The van der Waals surface area contributed by atoms with Crippen molar-refractivity contribution in [1.82, 2.24) is 15.0 Å². The zero-order valence-corrected chi connectivity index (χ0v) is 20.3. The molecule has 0 saturated heterocycles. The number of hydrogen-bond acceptors (Lipinski definition) is 10. The van der Waals surface area contributed by atoms with Gasteiger partial charge in [-0.15, -0.1) is 11.3 Å². The molecule has 2 heterocycles. The molecule has 4 atom stereocenters. The maximum atomic E-state index is 10.6. The predicted molar refractivity (Wildman–Crippen MR) is 139 cm³/mol. The molecule has 182 valence electrons. The Bertz CT molecular complexity index is 1300. The molecule has 2 aromatic heterocycles. The van der Waals surface area contributed by atoms with Crippen molar-refractivity contribution in [1.29, 1.82) is 0 Å². The van der Waals surface area contributed by atoms with E-state index in [9.17, 15) is 15.3 Å². The van der Waals surface area contributed by atoms with E-state index in [2.05, 4.69) is 15.6 Å². The summed E-state index contributed by atoms with van der Waals surface area (Å²) in [6.07, 6.45) is 0.0949. The highest BCUT2D eigenvalue weighted by atomic mass is 32.1. The van der Waals surface area contributed by atoms with Gasteiger partial charge < -0.3 is 30.9 Å². The van der Waals surface area contributed by atoms with Crippen LogP contribution < -0.4 is 15.5 Å². The van der Waals surface area contributed by atoms with Crippen LogP contribution in [0.5, 0.6) is 0 Å². The monoisotopic (exact) mass is 492 g/mol. The molecule has 0 radical (unpaired) electrons. The molecule has 1 saturated carbocycles. The van der Waals surface area contributed by atoms with Crippen molar-refractivity contribution in [3.63, 3.8) is 0 Å². The number of aliphatic hydroxyl groups is 3. The van der Waals surface area contributed by atoms with Crippen LogP contribution in [0.25, 0.3) is 20.8 Å². The number of aliphatic hydroxyl groups excluding tert-OH is 3. The molecular formula is C25H28N6O3S. The van der Waals surface area contributed by atoms with E-state index in [4.69, 9.17) is 9.97 Å². The normalized spacial score (nSPS) is 21.9. The number of fused-ring (bicyclic) bond motifs is 1. The molecule has 2 aromatic carbocycles. The first-order valence-electron chi connectivity index (χ1n) is 11.4. The summed E-state index contributed by atoms with van der Waals surface area (Å²) in [5.41, 5.74) is 3.47. The lowest BCUT2D eigenvalue weighted by atomic mass is 10.1. The Labute approximate surface area is 207 Å². The van der Waals surface area contributed by atoms with Gasteiger partial charge in [0.25, 0.3) is 0 Å². The van der Waals surface area contributed by atoms with Gasteiger partial charge in [0.05, 0.1) is 27.9 Å². The number of thiazole rings is 1. The van der Waals surface area contributed by atoms with Gasteiger partial charge in [-0.1, -0.05) is 18.2 Å². The minimum absolute atomic E-state index is 0.195. The summed E-state index contributed by atoms with van der Waals surface area (Å²) in [5.74, 6) is 0.488. The van der Waals surface area contributed by atoms with Crippen LogP contribution in [0.15, 0.2) is 54.7 Å². The van der Waals surface area contributed by atoms with E-state index in [1.165, 1.54) is 11.3 Å². The smallest absolute Gasteiger partial charge is 0.229 e. The van der Waals surface area contributed by atoms with Crippen molar-refractivity contribution in [2.45, 2.75) is 24.7 Å². The number of aromatic nitrogens is 3. The highest BCUT2D eigenvalue weighted by Gasteiger charge is 2.41. The molecule has 1 fully saturated rings. The summed E-state index contributed by atoms with van der Waals surface area (Å²) >= 11 is 1.53. The van der Waals surface area contributed by atoms with Crippen molar-refractivity contribution in [2.24, 2.45) is 5.92 Å². The molecule has 4 aromatic rings. The minimum Gasteiger partial charge on any atom is -0.396 e. The third-order valence-electron chi connectivity index (χ3n) is 6.29. The van der Waals surface area contributed by atoms with Crippen LogP contribution in [-0.2, 0) is 0 Å². The summed E-state index contributed by atoms with van der Waals surface area (Å²) in [5, 5.41) is 37.8. The third-order valence-corrected chi connectivity index (χ3v) is 7.36. The Morgan fingerprint density at radius 1 is 1.06 bits per heavy atom. The molecule has 0 aliphatic heterocycles. The van der Waals surface area contributed by atoms with E-state index in [0.29, 0.717) is 23.8 Å². The summed E-state index contributed by atoms with van der Waals surface area (Å²) in [4.78, 5) is 16.0. The number of nitrogens with zero attached hydrogens (tertiary/aromatic N) is 4. The maximum absolute atomic E-state index is 10.6. The summed E-state index contributed by atoms with van der Waals surface area (Å²) in [6.45, 7) is -0.195. The standard InChI is InChI=1S/C25H28N6O3S/c1-31(2)16-7-5-6-15(11-16)27-25-26-12-17(24-29-18-8-3-4-9-20(18)35-24)23(30-25)28-19-10-14(13-32)21(33)22(19)34/h3-9,11-12,14,19,21-22,32-34H,10,13H2,1-2H3,(H2,26,27,28,30)/t14-,19-,21-,22+/m1/s1. The first-order valence-corrected chi connectivity index (χ1v) is 12.3. The van der Waals surface area contributed by atoms with Crippen molar-refractivity contribution in [3.05, 3.63) is 54.7 Å². The quantitative estimate of drug-likeness (QED) is 0.264. The number of hydrogen-bond donors (Lipinski definition) is 5. The summed E-state index contributed by atoms with van der Waals surface area (Å²) in [7, 11) is 3.96. The van der Waals surface area contributed by atoms with Crippen molar-refractivity contribution >= 4 is 44.7 Å². The molecular weight excluding hydrogens is 464 g/mol. The number of rotatable bonds is 7. The molecule has 0 bridgehead atoms. The average Bonchev–Trinajstić information content (AvgIpc) is 3.41. The number of anilines is 4. The largest absolute Gasteiger partial charge is 0.396 e. The van der Waals surface area contributed by atoms with Gasteiger partial charge in [-0.3, -0.25) is 0 Å². The zero-order chi connectivity index (χ0) is 24.5. The van der Waals surface area contributed by atoms with Gasteiger partial charge in [0.2, 0.25) is 5.95 Å². The Kier molecular flexibility index (Phi) is 6.52.